The lowest BCUT2D eigenvalue weighted by Crippen LogP contribution is -2.22. The molecule has 1 amide bonds. The summed E-state index contributed by atoms with van der Waals surface area (Å²) in [5, 5.41) is 0. The third-order valence-electron chi connectivity index (χ3n) is 2.96. The molecule has 2 heteroatoms. The molecule has 0 spiro atoms. The molecule has 0 aromatic carbocycles. The SMILES string of the molecule is CCC(C)C(C)C(C)CC(N)=O. The molecule has 0 aliphatic heterocycles. The molecule has 0 fully saturated rings. The maximum Gasteiger partial charge on any atom is 0.217 e. The van der Waals surface area contributed by atoms with E-state index in [0.29, 0.717) is 24.2 Å². The van der Waals surface area contributed by atoms with Crippen LogP contribution >= 0.6 is 0 Å². The van der Waals surface area contributed by atoms with Gasteiger partial charge in [-0.05, 0) is 17.8 Å². The van der Waals surface area contributed by atoms with E-state index >= 15 is 0 Å². The Morgan fingerprint density at radius 1 is 1.25 bits per heavy atom. The van der Waals surface area contributed by atoms with Gasteiger partial charge in [0.2, 0.25) is 5.91 Å². The molecular weight excluding hydrogens is 150 g/mol. The number of carbonyl (C=O) groups is 1. The van der Waals surface area contributed by atoms with Crippen LogP contribution in [-0.4, -0.2) is 5.91 Å². The molecule has 0 saturated carbocycles. The van der Waals surface area contributed by atoms with Gasteiger partial charge in [-0.15, -0.1) is 0 Å². The van der Waals surface area contributed by atoms with Gasteiger partial charge in [-0.1, -0.05) is 34.1 Å². The Kier molecular flexibility index (Phi) is 4.95. The summed E-state index contributed by atoms with van der Waals surface area (Å²) in [7, 11) is 0. The van der Waals surface area contributed by atoms with Crippen molar-refractivity contribution >= 4 is 5.91 Å². The highest BCUT2D eigenvalue weighted by molar-refractivity contribution is 5.73. The first-order valence-electron chi connectivity index (χ1n) is 4.77. The van der Waals surface area contributed by atoms with Crippen LogP contribution in [0.25, 0.3) is 0 Å². The van der Waals surface area contributed by atoms with E-state index in [1.807, 2.05) is 0 Å². The third-order valence-corrected chi connectivity index (χ3v) is 2.96. The molecule has 0 aromatic heterocycles. The monoisotopic (exact) mass is 171 g/mol. The summed E-state index contributed by atoms with van der Waals surface area (Å²) < 4.78 is 0. The summed E-state index contributed by atoms with van der Waals surface area (Å²) >= 11 is 0. The summed E-state index contributed by atoms with van der Waals surface area (Å²) in [6.07, 6.45) is 1.69. The fourth-order valence-corrected chi connectivity index (χ4v) is 1.44. The van der Waals surface area contributed by atoms with E-state index in [9.17, 15) is 4.79 Å². The Balaban J connectivity index is 3.91. The fourth-order valence-electron chi connectivity index (χ4n) is 1.44. The highest BCUT2D eigenvalue weighted by Gasteiger charge is 2.18. The maximum atomic E-state index is 10.6. The van der Waals surface area contributed by atoms with Gasteiger partial charge in [0.15, 0.2) is 0 Å². The Morgan fingerprint density at radius 2 is 1.75 bits per heavy atom. The number of hydrogen-bond donors (Lipinski definition) is 1. The molecule has 0 aliphatic carbocycles. The highest BCUT2D eigenvalue weighted by Crippen LogP contribution is 2.24. The lowest BCUT2D eigenvalue weighted by molar-refractivity contribution is -0.119. The summed E-state index contributed by atoms with van der Waals surface area (Å²) in [5.74, 6) is 1.50. The molecular formula is C10H21NO. The Bertz CT molecular complexity index is 145. The van der Waals surface area contributed by atoms with Crippen LogP contribution in [-0.2, 0) is 4.79 Å². The average Bonchev–Trinajstić information content (AvgIpc) is 2.00. The first-order valence-corrected chi connectivity index (χ1v) is 4.77. The van der Waals surface area contributed by atoms with Crippen LogP contribution in [0.5, 0.6) is 0 Å². The van der Waals surface area contributed by atoms with Gasteiger partial charge in [-0.3, -0.25) is 4.79 Å². The van der Waals surface area contributed by atoms with Crippen molar-refractivity contribution in [3.63, 3.8) is 0 Å². The smallest absolute Gasteiger partial charge is 0.217 e. The molecule has 0 radical (unpaired) electrons. The second kappa shape index (κ2) is 5.18. The van der Waals surface area contributed by atoms with E-state index in [2.05, 4.69) is 27.7 Å². The standard InChI is InChI=1S/C10H21NO/c1-5-7(2)9(4)8(3)6-10(11)12/h7-9H,5-6H2,1-4H3,(H2,11,12). The Hall–Kier alpha value is -0.530. The molecule has 0 aromatic rings. The van der Waals surface area contributed by atoms with Gasteiger partial charge in [0.1, 0.15) is 0 Å². The second-order valence-electron chi connectivity index (χ2n) is 3.89. The predicted molar refractivity (Wildman–Crippen MR) is 51.6 cm³/mol. The normalized spacial score (nSPS) is 18.3. The van der Waals surface area contributed by atoms with Crippen LogP contribution in [0.1, 0.15) is 40.5 Å². The number of carbonyl (C=O) groups excluding carboxylic acids is 1. The lowest BCUT2D eigenvalue weighted by Gasteiger charge is -2.24. The van der Waals surface area contributed by atoms with E-state index in [4.69, 9.17) is 5.73 Å². The molecule has 3 unspecified atom stereocenters. The van der Waals surface area contributed by atoms with Gasteiger partial charge < -0.3 is 5.73 Å². The second-order valence-corrected chi connectivity index (χ2v) is 3.89. The van der Waals surface area contributed by atoms with Crippen molar-refractivity contribution in [3.05, 3.63) is 0 Å². The van der Waals surface area contributed by atoms with Crippen LogP contribution in [0.15, 0.2) is 0 Å². The van der Waals surface area contributed by atoms with Gasteiger partial charge in [-0.25, -0.2) is 0 Å². The van der Waals surface area contributed by atoms with E-state index in [0.717, 1.165) is 0 Å². The zero-order valence-electron chi connectivity index (χ0n) is 8.63. The van der Waals surface area contributed by atoms with Gasteiger partial charge >= 0.3 is 0 Å². The van der Waals surface area contributed by atoms with Crippen molar-refractivity contribution < 1.29 is 4.79 Å². The predicted octanol–water partition coefficient (Wildman–Crippen LogP) is 2.18. The summed E-state index contributed by atoms with van der Waals surface area (Å²) in [5.41, 5.74) is 5.13. The Labute approximate surface area is 75.5 Å². The van der Waals surface area contributed by atoms with Crippen LogP contribution in [0, 0.1) is 17.8 Å². The molecule has 0 heterocycles. The van der Waals surface area contributed by atoms with Crippen LogP contribution in [0.4, 0.5) is 0 Å². The van der Waals surface area contributed by atoms with Crippen LogP contribution < -0.4 is 5.73 Å². The van der Waals surface area contributed by atoms with Crippen molar-refractivity contribution in [1.82, 2.24) is 0 Å². The molecule has 0 saturated heterocycles. The summed E-state index contributed by atoms with van der Waals surface area (Å²) in [6.45, 7) is 8.70. The number of amides is 1. The summed E-state index contributed by atoms with van der Waals surface area (Å²) in [6, 6.07) is 0. The third kappa shape index (κ3) is 3.74. The van der Waals surface area contributed by atoms with E-state index < -0.39 is 0 Å². The van der Waals surface area contributed by atoms with E-state index in [-0.39, 0.29) is 5.91 Å². The van der Waals surface area contributed by atoms with Crippen molar-refractivity contribution in [2.75, 3.05) is 0 Å². The minimum atomic E-state index is -0.183. The molecule has 3 atom stereocenters. The van der Waals surface area contributed by atoms with Gasteiger partial charge in [0, 0.05) is 6.42 Å². The number of hydrogen-bond acceptors (Lipinski definition) is 1. The van der Waals surface area contributed by atoms with Crippen molar-refractivity contribution in [2.45, 2.75) is 40.5 Å². The van der Waals surface area contributed by atoms with Gasteiger partial charge in [0.05, 0.1) is 0 Å². The molecule has 12 heavy (non-hydrogen) atoms. The molecule has 0 bridgehead atoms. The zero-order chi connectivity index (χ0) is 9.72. The molecule has 0 aliphatic rings. The van der Waals surface area contributed by atoms with Gasteiger partial charge in [0.25, 0.3) is 0 Å². The van der Waals surface area contributed by atoms with E-state index in [1.54, 1.807) is 0 Å². The van der Waals surface area contributed by atoms with Crippen molar-refractivity contribution in [3.8, 4) is 0 Å². The van der Waals surface area contributed by atoms with E-state index in [1.165, 1.54) is 6.42 Å². The number of nitrogens with two attached hydrogens (primary N) is 1. The number of rotatable bonds is 5. The quantitative estimate of drug-likeness (QED) is 0.677. The number of primary amides is 1. The molecule has 72 valence electrons. The maximum absolute atomic E-state index is 10.6. The summed E-state index contributed by atoms with van der Waals surface area (Å²) in [4.78, 5) is 10.6. The largest absolute Gasteiger partial charge is 0.370 e. The van der Waals surface area contributed by atoms with Gasteiger partial charge in [-0.2, -0.15) is 0 Å². The topological polar surface area (TPSA) is 43.1 Å². The molecule has 2 N–H and O–H groups in total. The Morgan fingerprint density at radius 3 is 2.08 bits per heavy atom. The van der Waals surface area contributed by atoms with Crippen molar-refractivity contribution in [1.29, 1.82) is 0 Å². The lowest BCUT2D eigenvalue weighted by atomic mass is 9.82. The average molecular weight is 171 g/mol. The minimum absolute atomic E-state index is 0.183. The minimum Gasteiger partial charge on any atom is -0.370 e. The van der Waals surface area contributed by atoms with Crippen LogP contribution in [0.3, 0.4) is 0 Å². The van der Waals surface area contributed by atoms with Crippen molar-refractivity contribution in [2.24, 2.45) is 23.5 Å². The highest BCUT2D eigenvalue weighted by atomic mass is 16.1. The van der Waals surface area contributed by atoms with Crippen LogP contribution in [0.2, 0.25) is 0 Å². The molecule has 0 rings (SSSR count). The zero-order valence-corrected chi connectivity index (χ0v) is 8.63. The first-order chi connectivity index (χ1) is 5.49. The fraction of sp³-hybridized carbons (Fsp3) is 0.900. The first kappa shape index (κ1) is 11.5. The molecule has 2 nitrogen and oxygen atoms in total.